The topological polar surface area (TPSA) is 44.1 Å². The lowest BCUT2D eigenvalue weighted by molar-refractivity contribution is 0.251. The van der Waals surface area contributed by atoms with Gasteiger partial charge >= 0.3 is 0 Å². The predicted molar refractivity (Wildman–Crippen MR) is 97.7 cm³/mol. The molecule has 0 aliphatic rings. The Morgan fingerprint density at radius 2 is 2.08 bits per heavy atom. The fraction of sp³-hybridized carbons (Fsp3) is 0.176. The van der Waals surface area contributed by atoms with Gasteiger partial charge in [0.15, 0.2) is 0 Å². The van der Waals surface area contributed by atoms with Gasteiger partial charge in [0.05, 0.1) is 35.8 Å². The van der Waals surface area contributed by atoms with E-state index in [-0.39, 0.29) is 12.1 Å². The summed E-state index contributed by atoms with van der Waals surface area (Å²) in [6, 6.07) is 10.2. The third kappa shape index (κ3) is 4.01. The molecule has 1 heterocycles. The second-order valence-corrected chi connectivity index (χ2v) is 7.15. The lowest BCUT2D eigenvalue weighted by Gasteiger charge is -2.11. The van der Waals surface area contributed by atoms with Crippen LogP contribution in [0.25, 0.3) is 10.9 Å². The van der Waals surface area contributed by atoms with Gasteiger partial charge in [0, 0.05) is 4.47 Å². The number of thioether (sulfide) groups is 1. The van der Waals surface area contributed by atoms with Gasteiger partial charge in [0.1, 0.15) is 5.75 Å². The van der Waals surface area contributed by atoms with Crippen molar-refractivity contribution in [3.8, 4) is 5.75 Å². The molecule has 3 rings (SSSR count). The van der Waals surface area contributed by atoms with Crippen molar-refractivity contribution in [1.82, 2.24) is 9.55 Å². The molecule has 0 saturated heterocycles. The van der Waals surface area contributed by atoms with Crippen LogP contribution in [0.5, 0.6) is 5.75 Å². The molecular formula is C17H13BrF2N2O2S. The molecule has 0 unspecified atom stereocenters. The van der Waals surface area contributed by atoms with E-state index in [2.05, 4.69) is 20.9 Å². The first-order valence-electron chi connectivity index (χ1n) is 7.24. The third-order valence-corrected chi connectivity index (χ3v) is 4.85. The van der Waals surface area contributed by atoms with Crippen LogP contribution in [0, 0.1) is 0 Å². The highest BCUT2D eigenvalue weighted by Gasteiger charge is 2.12. The fourth-order valence-electron chi connectivity index (χ4n) is 2.44. The Balaban J connectivity index is 1.96. The maximum Gasteiger partial charge on any atom is 0.289 e. The molecule has 25 heavy (non-hydrogen) atoms. The van der Waals surface area contributed by atoms with Gasteiger partial charge in [-0.3, -0.25) is 9.36 Å². The molecule has 0 aliphatic carbocycles. The minimum Gasteiger partial charge on any atom is -0.496 e. The van der Waals surface area contributed by atoms with E-state index in [0.717, 1.165) is 10.0 Å². The third-order valence-electron chi connectivity index (χ3n) is 3.58. The highest BCUT2D eigenvalue weighted by atomic mass is 79.9. The van der Waals surface area contributed by atoms with Crippen LogP contribution in [-0.2, 0) is 6.54 Å². The molecule has 0 saturated carbocycles. The van der Waals surface area contributed by atoms with Crippen molar-refractivity contribution in [2.75, 3.05) is 7.11 Å². The largest absolute Gasteiger partial charge is 0.496 e. The summed E-state index contributed by atoms with van der Waals surface area (Å²) in [6.07, 6.45) is 1.48. The van der Waals surface area contributed by atoms with E-state index in [0.29, 0.717) is 33.3 Å². The minimum absolute atomic E-state index is 0.170. The monoisotopic (exact) mass is 426 g/mol. The van der Waals surface area contributed by atoms with Gasteiger partial charge in [-0.1, -0.05) is 33.8 Å². The quantitative estimate of drug-likeness (QED) is 0.562. The standard InChI is InChI=1S/C17H13BrF2N2O2S/c1-24-14-6-10(2-5-15(14)25-17(19)20)8-22-9-21-13-4-3-11(18)7-12(13)16(22)23/h2-7,9,17H,8H2,1H3. The number of hydrogen-bond acceptors (Lipinski definition) is 4. The summed E-state index contributed by atoms with van der Waals surface area (Å²) in [7, 11) is 1.43. The van der Waals surface area contributed by atoms with Crippen molar-refractivity contribution < 1.29 is 13.5 Å². The molecule has 1 aromatic heterocycles. The van der Waals surface area contributed by atoms with Crippen LogP contribution in [0.3, 0.4) is 0 Å². The van der Waals surface area contributed by atoms with Crippen molar-refractivity contribution in [1.29, 1.82) is 0 Å². The number of methoxy groups -OCH3 is 1. The minimum atomic E-state index is -2.52. The van der Waals surface area contributed by atoms with E-state index < -0.39 is 5.76 Å². The van der Waals surface area contributed by atoms with Gasteiger partial charge in [-0.05, 0) is 35.9 Å². The highest BCUT2D eigenvalue weighted by molar-refractivity contribution is 9.10. The lowest BCUT2D eigenvalue weighted by Crippen LogP contribution is -2.21. The van der Waals surface area contributed by atoms with Crippen LogP contribution < -0.4 is 10.3 Å². The molecule has 0 bridgehead atoms. The smallest absolute Gasteiger partial charge is 0.289 e. The van der Waals surface area contributed by atoms with Crippen LogP contribution in [0.2, 0.25) is 0 Å². The molecule has 2 aromatic carbocycles. The van der Waals surface area contributed by atoms with Gasteiger partial charge in [-0.15, -0.1) is 0 Å². The molecule has 130 valence electrons. The molecule has 0 aliphatic heterocycles. The maximum atomic E-state index is 12.6. The summed E-state index contributed by atoms with van der Waals surface area (Å²) in [5, 5.41) is 0.508. The number of ether oxygens (including phenoxy) is 1. The van der Waals surface area contributed by atoms with Crippen LogP contribution >= 0.6 is 27.7 Å². The van der Waals surface area contributed by atoms with E-state index in [9.17, 15) is 13.6 Å². The molecule has 3 aromatic rings. The first kappa shape index (κ1) is 17.9. The zero-order valence-corrected chi connectivity index (χ0v) is 15.5. The van der Waals surface area contributed by atoms with Crippen molar-refractivity contribution in [2.24, 2.45) is 0 Å². The number of hydrogen-bond donors (Lipinski definition) is 0. The molecule has 8 heteroatoms. The molecule has 0 radical (unpaired) electrons. The number of rotatable bonds is 5. The SMILES string of the molecule is COc1cc(Cn2cnc3ccc(Br)cc3c2=O)ccc1SC(F)F. The molecule has 0 fully saturated rings. The van der Waals surface area contributed by atoms with E-state index in [1.54, 1.807) is 30.3 Å². The van der Waals surface area contributed by atoms with Crippen molar-refractivity contribution in [3.63, 3.8) is 0 Å². The van der Waals surface area contributed by atoms with E-state index >= 15 is 0 Å². The molecule has 0 N–H and O–H groups in total. The average Bonchev–Trinajstić information content (AvgIpc) is 2.58. The van der Waals surface area contributed by atoms with Crippen LogP contribution in [0.15, 0.2) is 56.9 Å². The Bertz CT molecular complexity index is 979. The van der Waals surface area contributed by atoms with Gasteiger partial charge in [-0.25, -0.2) is 4.98 Å². The maximum absolute atomic E-state index is 12.6. The van der Waals surface area contributed by atoms with Gasteiger partial charge in [-0.2, -0.15) is 8.78 Å². The van der Waals surface area contributed by atoms with Gasteiger partial charge in [0.25, 0.3) is 11.3 Å². The molecule has 0 spiro atoms. The van der Waals surface area contributed by atoms with Crippen LogP contribution in [0.1, 0.15) is 5.56 Å². The Labute approximate surface area is 155 Å². The van der Waals surface area contributed by atoms with Crippen LogP contribution in [0.4, 0.5) is 8.78 Å². The number of halogens is 3. The van der Waals surface area contributed by atoms with Crippen molar-refractivity contribution in [3.05, 3.63) is 63.1 Å². The summed E-state index contributed by atoms with van der Waals surface area (Å²) in [6.45, 7) is 0.268. The number of aromatic nitrogens is 2. The number of alkyl halides is 2. The summed E-state index contributed by atoms with van der Waals surface area (Å²) in [5.41, 5.74) is 1.20. The summed E-state index contributed by atoms with van der Waals surface area (Å²) in [5.74, 6) is -2.17. The number of benzene rings is 2. The zero-order valence-electron chi connectivity index (χ0n) is 13.1. The Morgan fingerprint density at radius 1 is 1.28 bits per heavy atom. The normalized spacial score (nSPS) is 11.2. The van der Waals surface area contributed by atoms with E-state index in [1.165, 1.54) is 18.0 Å². The van der Waals surface area contributed by atoms with Crippen LogP contribution in [-0.4, -0.2) is 22.4 Å². The second kappa shape index (κ2) is 7.53. The fourth-order valence-corrected chi connectivity index (χ4v) is 3.40. The highest BCUT2D eigenvalue weighted by Crippen LogP contribution is 2.34. The summed E-state index contributed by atoms with van der Waals surface area (Å²) < 4.78 is 32.6. The summed E-state index contributed by atoms with van der Waals surface area (Å²) >= 11 is 3.78. The Morgan fingerprint density at radius 3 is 2.80 bits per heavy atom. The molecule has 0 atom stereocenters. The Hall–Kier alpha value is -1.93. The molecule has 4 nitrogen and oxygen atoms in total. The van der Waals surface area contributed by atoms with Gasteiger partial charge < -0.3 is 4.74 Å². The van der Waals surface area contributed by atoms with Crippen molar-refractivity contribution in [2.45, 2.75) is 17.2 Å². The van der Waals surface area contributed by atoms with E-state index in [1.807, 2.05) is 6.07 Å². The lowest BCUT2D eigenvalue weighted by atomic mass is 10.2. The number of nitrogens with zero attached hydrogens (tertiary/aromatic N) is 2. The zero-order chi connectivity index (χ0) is 18.0. The van der Waals surface area contributed by atoms with Crippen molar-refractivity contribution >= 4 is 38.6 Å². The second-order valence-electron chi connectivity index (χ2n) is 5.20. The average molecular weight is 427 g/mol. The first-order chi connectivity index (χ1) is 12.0. The van der Waals surface area contributed by atoms with Gasteiger partial charge in [0.2, 0.25) is 0 Å². The predicted octanol–water partition coefficient (Wildman–Crippen LogP) is 4.53. The Kier molecular flexibility index (Phi) is 5.39. The summed E-state index contributed by atoms with van der Waals surface area (Å²) in [4.78, 5) is 17.3. The molecular weight excluding hydrogens is 414 g/mol. The first-order valence-corrected chi connectivity index (χ1v) is 8.91. The number of fused-ring (bicyclic) bond motifs is 1. The van der Waals surface area contributed by atoms with E-state index in [4.69, 9.17) is 4.74 Å². The molecule has 0 amide bonds.